The van der Waals surface area contributed by atoms with E-state index in [-0.39, 0.29) is 6.10 Å². The maximum Gasteiger partial charge on any atom is 0.142 e. The fraction of sp³-hybridized carbons (Fsp3) is 0.688. The van der Waals surface area contributed by atoms with E-state index in [1.807, 2.05) is 18.2 Å². The van der Waals surface area contributed by atoms with Gasteiger partial charge in [-0.25, -0.2) is 0 Å². The van der Waals surface area contributed by atoms with E-state index in [2.05, 4.69) is 45.9 Å². The van der Waals surface area contributed by atoms with Gasteiger partial charge in [-0.3, -0.25) is 0 Å². The van der Waals surface area contributed by atoms with E-state index < -0.39 is 0 Å². The average Bonchev–Trinajstić information content (AvgIpc) is 3.12. The van der Waals surface area contributed by atoms with Gasteiger partial charge >= 0.3 is 0 Å². The van der Waals surface area contributed by atoms with Crippen molar-refractivity contribution in [2.45, 2.75) is 98.0 Å². The lowest BCUT2D eigenvalue weighted by atomic mass is 9.57. The number of nitrogens with two attached hydrogens (primary N) is 2. The third-order valence-corrected chi connectivity index (χ3v) is 10.9. The molecule has 3 saturated carbocycles. The van der Waals surface area contributed by atoms with Crippen LogP contribution in [-0.2, 0) is 0 Å². The monoisotopic (exact) mass is 476 g/mol. The molecule has 0 saturated heterocycles. The molecule has 192 valence electrons. The fourth-order valence-corrected chi connectivity index (χ4v) is 8.94. The normalized spacial score (nSPS) is 38.7. The van der Waals surface area contributed by atoms with Crippen molar-refractivity contribution in [1.29, 1.82) is 0 Å². The van der Waals surface area contributed by atoms with E-state index in [1.165, 1.54) is 56.9 Å². The van der Waals surface area contributed by atoms with Gasteiger partial charge in [-0.15, -0.1) is 0 Å². The highest BCUT2D eigenvalue weighted by Gasteiger charge is 2.57. The second-order valence-electron chi connectivity index (χ2n) is 13.2. The highest BCUT2D eigenvalue weighted by Crippen LogP contribution is 2.65. The summed E-state index contributed by atoms with van der Waals surface area (Å²) in [5.41, 5.74) is 15.9. The number of rotatable bonds is 6. The molecule has 3 fully saturated rings. The predicted octanol–water partition coefficient (Wildman–Crippen LogP) is 8.17. The van der Waals surface area contributed by atoms with Crippen molar-refractivity contribution in [3.63, 3.8) is 0 Å². The van der Waals surface area contributed by atoms with E-state index in [1.54, 1.807) is 0 Å². The molecular formula is C32H48N2O. The van der Waals surface area contributed by atoms with E-state index in [0.29, 0.717) is 28.1 Å². The molecule has 0 heterocycles. The Hall–Kier alpha value is -1.90. The Morgan fingerprint density at radius 2 is 1.94 bits per heavy atom. The van der Waals surface area contributed by atoms with Crippen LogP contribution in [0.15, 0.2) is 42.0 Å². The molecule has 0 radical (unpaired) electrons. The number of fused-ring (bicyclic) bond motifs is 3. The van der Waals surface area contributed by atoms with Crippen LogP contribution in [0.25, 0.3) is 0 Å². The minimum atomic E-state index is 0.249. The van der Waals surface area contributed by atoms with Gasteiger partial charge in [-0.05, 0) is 137 Å². The quantitative estimate of drug-likeness (QED) is 0.321. The number of hydrogen-bond donors (Lipinski definition) is 2. The Labute approximate surface area is 213 Å². The zero-order valence-electron chi connectivity index (χ0n) is 22.6. The van der Waals surface area contributed by atoms with Crippen molar-refractivity contribution in [2.24, 2.45) is 40.4 Å². The summed E-state index contributed by atoms with van der Waals surface area (Å²) in [7, 11) is 0. The molecule has 8 atom stereocenters. The van der Waals surface area contributed by atoms with Crippen LogP contribution in [0.2, 0.25) is 0 Å². The molecule has 3 nitrogen and oxygen atoms in total. The molecule has 8 unspecified atom stereocenters. The summed E-state index contributed by atoms with van der Waals surface area (Å²) in [6, 6.07) is 5.64. The zero-order chi connectivity index (χ0) is 24.8. The van der Waals surface area contributed by atoms with Crippen molar-refractivity contribution in [1.82, 2.24) is 0 Å². The number of hydrogen-bond acceptors (Lipinski definition) is 3. The molecule has 4 N–H and O–H groups in total. The van der Waals surface area contributed by atoms with E-state index >= 15 is 0 Å². The average molecular weight is 477 g/mol. The molecule has 0 aliphatic heterocycles. The molecule has 5 rings (SSSR count). The van der Waals surface area contributed by atoms with Crippen LogP contribution in [0.3, 0.4) is 0 Å². The summed E-state index contributed by atoms with van der Waals surface area (Å²) in [4.78, 5) is 0. The Morgan fingerprint density at radius 3 is 2.71 bits per heavy atom. The lowest BCUT2D eigenvalue weighted by Crippen LogP contribution is -2.42. The second kappa shape index (κ2) is 9.52. The van der Waals surface area contributed by atoms with Crippen LogP contribution in [0.5, 0.6) is 5.75 Å². The Morgan fingerprint density at radius 1 is 1.11 bits per heavy atom. The summed E-state index contributed by atoms with van der Waals surface area (Å²) in [5, 5.41) is 0. The molecule has 4 aliphatic carbocycles. The van der Waals surface area contributed by atoms with Crippen LogP contribution in [0.4, 0.5) is 11.4 Å². The lowest BCUT2D eigenvalue weighted by Gasteiger charge is -2.49. The van der Waals surface area contributed by atoms with Gasteiger partial charge in [0.05, 0.1) is 11.8 Å². The van der Waals surface area contributed by atoms with Crippen LogP contribution < -0.4 is 16.2 Å². The Balaban J connectivity index is 1.29. The molecule has 4 aliphatic rings. The van der Waals surface area contributed by atoms with Crippen molar-refractivity contribution in [3.05, 3.63) is 42.0 Å². The first-order valence-corrected chi connectivity index (χ1v) is 14.3. The van der Waals surface area contributed by atoms with Crippen LogP contribution in [-0.4, -0.2) is 6.10 Å². The first kappa shape index (κ1) is 24.8. The highest BCUT2D eigenvalue weighted by atomic mass is 16.5. The SMILES string of the molecule is CC(C)=CCCC(C)C1CCC2C3C=CC4CC(Oc5ccc(N)cc5N)CCC4(CCC12C)C3. The summed E-state index contributed by atoms with van der Waals surface area (Å²) in [6.45, 7) is 9.70. The van der Waals surface area contributed by atoms with Crippen molar-refractivity contribution in [2.75, 3.05) is 11.5 Å². The first-order valence-electron chi connectivity index (χ1n) is 14.3. The molecule has 0 aromatic heterocycles. The smallest absolute Gasteiger partial charge is 0.142 e. The number of nitrogen functional groups attached to an aromatic ring is 2. The summed E-state index contributed by atoms with van der Waals surface area (Å²) >= 11 is 0. The van der Waals surface area contributed by atoms with E-state index in [9.17, 15) is 0 Å². The maximum absolute atomic E-state index is 6.43. The van der Waals surface area contributed by atoms with Gasteiger partial charge < -0.3 is 16.2 Å². The van der Waals surface area contributed by atoms with Gasteiger partial charge in [-0.1, -0.05) is 37.6 Å². The third-order valence-electron chi connectivity index (χ3n) is 10.9. The summed E-state index contributed by atoms with van der Waals surface area (Å²) in [6.07, 6.45) is 21.2. The van der Waals surface area contributed by atoms with Crippen molar-refractivity contribution < 1.29 is 4.74 Å². The first-order chi connectivity index (χ1) is 16.7. The fourth-order valence-electron chi connectivity index (χ4n) is 8.94. The molecule has 3 heteroatoms. The number of benzene rings is 1. The molecule has 1 aromatic carbocycles. The molecule has 0 amide bonds. The summed E-state index contributed by atoms with van der Waals surface area (Å²) < 4.78 is 6.43. The van der Waals surface area contributed by atoms with Gasteiger partial charge in [0.15, 0.2) is 0 Å². The molecular weight excluding hydrogens is 428 g/mol. The largest absolute Gasteiger partial charge is 0.488 e. The van der Waals surface area contributed by atoms with E-state index in [4.69, 9.17) is 16.2 Å². The van der Waals surface area contributed by atoms with E-state index in [0.717, 1.165) is 42.3 Å². The molecule has 2 bridgehead atoms. The Kier molecular flexibility index (Phi) is 6.74. The zero-order valence-corrected chi connectivity index (χ0v) is 22.6. The van der Waals surface area contributed by atoms with Crippen LogP contribution >= 0.6 is 0 Å². The summed E-state index contributed by atoms with van der Waals surface area (Å²) in [5.74, 6) is 4.80. The number of anilines is 2. The Bertz CT molecular complexity index is 978. The topological polar surface area (TPSA) is 61.3 Å². The predicted molar refractivity (Wildman–Crippen MR) is 148 cm³/mol. The minimum Gasteiger partial charge on any atom is -0.488 e. The van der Waals surface area contributed by atoms with Crippen LogP contribution in [0, 0.1) is 40.4 Å². The second-order valence-corrected chi connectivity index (χ2v) is 13.2. The van der Waals surface area contributed by atoms with Gasteiger partial charge in [0, 0.05) is 5.69 Å². The van der Waals surface area contributed by atoms with Gasteiger partial charge in [0.25, 0.3) is 0 Å². The third kappa shape index (κ3) is 4.65. The number of allylic oxidation sites excluding steroid dienone is 4. The molecule has 1 spiro atoms. The standard InChI is InChI=1S/C32H48N2O/c1-21(2)6-5-7-22(3)27-11-12-28-23-8-9-24-18-26(35-30-13-10-25(33)19-29(30)34)14-15-32(24,20-23)17-16-31(27,28)4/h6,8-10,13,19,22-24,26-28H,5,7,11-12,14-18,20,33-34H2,1-4H3. The van der Waals surface area contributed by atoms with Crippen LogP contribution in [0.1, 0.15) is 91.9 Å². The van der Waals surface area contributed by atoms with Crippen molar-refractivity contribution >= 4 is 11.4 Å². The molecule has 1 aromatic rings. The maximum atomic E-state index is 6.43. The number of ether oxygens (including phenoxy) is 1. The van der Waals surface area contributed by atoms with Gasteiger partial charge in [-0.2, -0.15) is 0 Å². The van der Waals surface area contributed by atoms with Crippen molar-refractivity contribution in [3.8, 4) is 5.75 Å². The minimum absolute atomic E-state index is 0.249. The van der Waals surface area contributed by atoms with Gasteiger partial charge in [0.2, 0.25) is 0 Å². The lowest BCUT2D eigenvalue weighted by molar-refractivity contribution is 0.0164. The molecule has 35 heavy (non-hydrogen) atoms. The van der Waals surface area contributed by atoms with Gasteiger partial charge in [0.1, 0.15) is 5.75 Å². The highest BCUT2D eigenvalue weighted by molar-refractivity contribution is 5.60.